The third-order valence-corrected chi connectivity index (χ3v) is 5.84. The number of carbonyl (C=O) groups is 1. The predicted octanol–water partition coefficient (Wildman–Crippen LogP) is 3.48. The van der Waals surface area contributed by atoms with Crippen molar-refractivity contribution in [1.82, 2.24) is 19.2 Å². The van der Waals surface area contributed by atoms with Gasteiger partial charge in [0.1, 0.15) is 0 Å². The van der Waals surface area contributed by atoms with E-state index in [1.54, 1.807) is 15.0 Å². The molecule has 164 valence electrons. The van der Waals surface area contributed by atoms with E-state index in [1.807, 2.05) is 18.2 Å². The van der Waals surface area contributed by atoms with E-state index in [4.69, 9.17) is 0 Å². The number of amides is 1. The molecule has 0 radical (unpaired) electrons. The summed E-state index contributed by atoms with van der Waals surface area (Å²) in [5.74, 6) is 0.213. The van der Waals surface area contributed by atoms with E-state index in [9.17, 15) is 19.7 Å². The normalized spacial score (nSPS) is 11.2. The van der Waals surface area contributed by atoms with Gasteiger partial charge in [0.25, 0.3) is 11.2 Å². The standard InChI is InChI=1S/C21H20N6O4S/c1-2-3-12-25-19(29)16-6-4-5-7-17(16)26-20(25)23-24-21(26)32-13-18(28)22-14-8-10-15(11-9-14)27(30)31/h4-11H,2-3,12-13H2,1H3,(H,22,28). The van der Waals surface area contributed by atoms with Gasteiger partial charge >= 0.3 is 0 Å². The summed E-state index contributed by atoms with van der Waals surface area (Å²) in [5.41, 5.74) is 0.990. The number of nitrogens with one attached hydrogen (secondary N) is 1. The van der Waals surface area contributed by atoms with Gasteiger partial charge in [0.2, 0.25) is 11.7 Å². The largest absolute Gasteiger partial charge is 0.325 e. The van der Waals surface area contributed by atoms with Crippen molar-refractivity contribution in [3.05, 3.63) is 69.0 Å². The molecule has 0 aliphatic rings. The van der Waals surface area contributed by atoms with Crippen molar-refractivity contribution in [2.75, 3.05) is 11.1 Å². The first-order valence-corrected chi connectivity index (χ1v) is 11.0. The molecule has 0 aliphatic carbocycles. The molecule has 0 bridgehead atoms. The minimum Gasteiger partial charge on any atom is -0.325 e. The Labute approximate surface area is 186 Å². The fourth-order valence-electron chi connectivity index (χ4n) is 3.34. The summed E-state index contributed by atoms with van der Waals surface area (Å²) < 4.78 is 3.43. The molecule has 2 aromatic carbocycles. The minimum absolute atomic E-state index is 0.0479. The van der Waals surface area contributed by atoms with Gasteiger partial charge in [-0.3, -0.25) is 28.7 Å². The molecule has 2 heterocycles. The van der Waals surface area contributed by atoms with Crippen LogP contribution in [0.5, 0.6) is 0 Å². The van der Waals surface area contributed by atoms with Crippen LogP contribution in [0.2, 0.25) is 0 Å². The number of hydrogen-bond donors (Lipinski definition) is 1. The van der Waals surface area contributed by atoms with E-state index in [0.29, 0.717) is 34.1 Å². The van der Waals surface area contributed by atoms with Gasteiger partial charge in [0.15, 0.2) is 5.16 Å². The van der Waals surface area contributed by atoms with Crippen LogP contribution in [0, 0.1) is 10.1 Å². The van der Waals surface area contributed by atoms with Crippen LogP contribution in [0.4, 0.5) is 11.4 Å². The van der Waals surface area contributed by atoms with Gasteiger partial charge in [-0.25, -0.2) is 0 Å². The molecule has 1 amide bonds. The zero-order valence-corrected chi connectivity index (χ0v) is 18.0. The van der Waals surface area contributed by atoms with Gasteiger partial charge in [-0.1, -0.05) is 37.2 Å². The lowest BCUT2D eigenvalue weighted by atomic mass is 10.2. The van der Waals surface area contributed by atoms with Crippen LogP contribution in [0.1, 0.15) is 19.8 Å². The Morgan fingerprint density at radius 2 is 1.91 bits per heavy atom. The summed E-state index contributed by atoms with van der Waals surface area (Å²) in [6.45, 7) is 2.59. The van der Waals surface area contributed by atoms with E-state index < -0.39 is 4.92 Å². The van der Waals surface area contributed by atoms with Gasteiger partial charge in [-0.15, -0.1) is 10.2 Å². The molecular formula is C21H20N6O4S. The number of hydrogen-bond acceptors (Lipinski definition) is 7. The van der Waals surface area contributed by atoms with Crippen LogP contribution < -0.4 is 10.9 Å². The molecule has 0 aliphatic heterocycles. The zero-order chi connectivity index (χ0) is 22.7. The summed E-state index contributed by atoms with van der Waals surface area (Å²) in [6, 6.07) is 12.9. The fourth-order valence-corrected chi connectivity index (χ4v) is 4.08. The van der Waals surface area contributed by atoms with Crippen molar-refractivity contribution in [3.63, 3.8) is 0 Å². The van der Waals surface area contributed by atoms with E-state index in [1.165, 1.54) is 36.0 Å². The van der Waals surface area contributed by atoms with Crippen molar-refractivity contribution < 1.29 is 9.72 Å². The summed E-state index contributed by atoms with van der Waals surface area (Å²) in [7, 11) is 0. The molecule has 0 saturated carbocycles. The lowest BCUT2D eigenvalue weighted by Gasteiger charge is -2.10. The number of para-hydroxylation sites is 1. The Balaban J connectivity index is 1.59. The molecule has 2 aromatic heterocycles. The summed E-state index contributed by atoms with van der Waals surface area (Å²) >= 11 is 1.20. The molecule has 0 fully saturated rings. The smallest absolute Gasteiger partial charge is 0.269 e. The average Bonchev–Trinajstić information content (AvgIpc) is 3.22. The molecule has 1 N–H and O–H groups in total. The van der Waals surface area contributed by atoms with Crippen molar-refractivity contribution in [3.8, 4) is 0 Å². The molecular weight excluding hydrogens is 432 g/mol. The highest BCUT2D eigenvalue weighted by Gasteiger charge is 2.17. The molecule has 11 heteroatoms. The maximum Gasteiger partial charge on any atom is 0.269 e. The number of fused-ring (bicyclic) bond motifs is 3. The number of nitrogens with zero attached hydrogens (tertiary/aromatic N) is 5. The summed E-state index contributed by atoms with van der Waals surface area (Å²) in [5, 5.41) is 23.0. The first-order valence-electron chi connectivity index (χ1n) is 10.0. The third kappa shape index (κ3) is 4.19. The number of nitro groups is 1. The second kappa shape index (κ2) is 9.18. The van der Waals surface area contributed by atoms with Crippen molar-refractivity contribution in [2.45, 2.75) is 31.5 Å². The van der Waals surface area contributed by atoms with Crippen LogP contribution in [0.3, 0.4) is 0 Å². The van der Waals surface area contributed by atoms with Crippen LogP contribution in [0.25, 0.3) is 16.7 Å². The van der Waals surface area contributed by atoms with Crippen LogP contribution in [-0.4, -0.2) is 35.7 Å². The van der Waals surface area contributed by atoms with Crippen LogP contribution in [-0.2, 0) is 11.3 Å². The first kappa shape index (κ1) is 21.5. The number of anilines is 1. The highest BCUT2D eigenvalue weighted by atomic mass is 32.2. The lowest BCUT2D eigenvalue weighted by Crippen LogP contribution is -2.23. The molecule has 32 heavy (non-hydrogen) atoms. The van der Waals surface area contributed by atoms with Gasteiger partial charge in [0.05, 0.1) is 21.6 Å². The maximum absolute atomic E-state index is 13.0. The molecule has 4 rings (SSSR count). The van der Waals surface area contributed by atoms with Crippen LogP contribution >= 0.6 is 11.8 Å². The highest BCUT2D eigenvalue weighted by molar-refractivity contribution is 7.99. The van der Waals surface area contributed by atoms with Crippen molar-refractivity contribution in [1.29, 1.82) is 0 Å². The van der Waals surface area contributed by atoms with E-state index in [2.05, 4.69) is 22.4 Å². The molecule has 4 aromatic rings. The lowest BCUT2D eigenvalue weighted by molar-refractivity contribution is -0.384. The number of thioether (sulfide) groups is 1. The van der Waals surface area contributed by atoms with Gasteiger partial charge in [-0.2, -0.15) is 0 Å². The molecule has 0 saturated heterocycles. The highest BCUT2D eigenvalue weighted by Crippen LogP contribution is 2.22. The molecule has 0 atom stereocenters. The Morgan fingerprint density at radius 1 is 1.16 bits per heavy atom. The quantitative estimate of drug-likeness (QED) is 0.246. The zero-order valence-electron chi connectivity index (χ0n) is 17.2. The predicted molar refractivity (Wildman–Crippen MR) is 122 cm³/mol. The Hall–Kier alpha value is -3.73. The number of rotatable bonds is 8. The Morgan fingerprint density at radius 3 is 2.62 bits per heavy atom. The van der Waals surface area contributed by atoms with Gasteiger partial charge in [0, 0.05) is 24.4 Å². The number of unbranched alkanes of at least 4 members (excludes halogenated alkanes) is 1. The summed E-state index contributed by atoms with van der Waals surface area (Å²) in [4.78, 5) is 35.6. The molecule has 10 nitrogen and oxygen atoms in total. The second-order valence-corrected chi connectivity index (χ2v) is 8.03. The van der Waals surface area contributed by atoms with Gasteiger partial charge in [-0.05, 0) is 30.7 Å². The van der Waals surface area contributed by atoms with E-state index in [-0.39, 0.29) is 22.9 Å². The van der Waals surface area contributed by atoms with Crippen molar-refractivity contribution >= 4 is 45.7 Å². The number of non-ortho nitro benzene ring substituents is 1. The number of aryl methyl sites for hydroxylation is 1. The molecule has 0 unspecified atom stereocenters. The average molecular weight is 452 g/mol. The third-order valence-electron chi connectivity index (χ3n) is 4.91. The number of carbonyl (C=O) groups excluding carboxylic acids is 1. The fraction of sp³-hybridized carbons (Fsp3) is 0.238. The number of benzene rings is 2. The maximum atomic E-state index is 13.0. The van der Waals surface area contributed by atoms with E-state index >= 15 is 0 Å². The monoisotopic (exact) mass is 452 g/mol. The minimum atomic E-state index is -0.498. The SMILES string of the molecule is CCCCn1c(=O)c2ccccc2n2c(SCC(=O)Nc3ccc([N+](=O)[O-])cc3)nnc12. The van der Waals surface area contributed by atoms with Gasteiger partial charge < -0.3 is 5.32 Å². The first-order chi connectivity index (χ1) is 15.5. The molecule has 0 spiro atoms. The number of aromatic nitrogens is 4. The van der Waals surface area contributed by atoms with Crippen LogP contribution in [0.15, 0.2) is 58.5 Å². The Bertz CT molecular complexity index is 1360. The Kier molecular flexibility index (Phi) is 6.17. The second-order valence-electron chi connectivity index (χ2n) is 7.09. The summed E-state index contributed by atoms with van der Waals surface area (Å²) in [6.07, 6.45) is 1.77. The van der Waals surface area contributed by atoms with Crippen molar-refractivity contribution in [2.24, 2.45) is 0 Å². The van der Waals surface area contributed by atoms with E-state index in [0.717, 1.165) is 12.8 Å². The number of nitro benzene ring substituents is 1. The topological polar surface area (TPSA) is 124 Å².